The summed E-state index contributed by atoms with van der Waals surface area (Å²) in [5.74, 6) is 1.39. The Morgan fingerprint density at radius 2 is 1.88 bits per heavy atom. The number of hydrogen-bond acceptors (Lipinski definition) is 2. The monoisotopic (exact) mass is 240 g/mol. The Morgan fingerprint density at radius 3 is 2.31 bits per heavy atom. The van der Waals surface area contributed by atoms with Gasteiger partial charge in [0, 0.05) is 17.9 Å². The summed E-state index contributed by atoms with van der Waals surface area (Å²) in [6.45, 7) is 5.54. The first-order valence-electron chi connectivity index (χ1n) is 5.30. The lowest BCUT2D eigenvalue weighted by molar-refractivity contribution is 0.101. The average molecular weight is 241 g/mol. The van der Waals surface area contributed by atoms with Gasteiger partial charge in [0.1, 0.15) is 11.4 Å². The second-order valence-corrected chi connectivity index (χ2v) is 4.76. The zero-order valence-electron chi connectivity index (χ0n) is 9.92. The zero-order chi connectivity index (χ0) is 12.2. The van der Waals surface area contributed by atoms with Crippen molar-refractivity contribution in [2.24, 2.45) is 0 Å². The van der Waals surface area contributed by atoms with Gasteiger partial charge in [-0.15, -0.1) is 11.6 Å². The molecule has 2 nitrogen and oxygen atoms in total. The Labute approximate surface area is 102 Å². The highest BCUT2D eigenvalue weighted by molar-refractivity contribution is 6.17. The first-order chi connectivity index (χ1) is 7.44. The first-order valence-corrected chi connectivity index (χ1v) is 5.84. The Bertz CT molecular complexity index is 355. The van der Waals surface area contributed by atoms with Crippen molar-refractivity contribution in [2.75, 3.05) is 5.88 Å². The number of alkyl halides is 1. The lowest BCUT2D eigenvalue weighted by atomic mass is 10.1. The Morgan fingerprint density at radius 1 is 1.31 bits per heavy atom. The van der Waals surface area contributed by atoms with Gasteiger partial charge in [-0.1, -0.05) is 0 Å². The minimum atomic E-state index is -0.278. The van der Waals surface area contributed by atoms with E-state index in [2.05, 4.69) is 0 Å². The van der Waals surface area contributed by atoms with Gasteiger partial charge in [-0.25, -0.2) is 0 Å². The van der Waals surface area contributed by atoms with Crippen LogP contribution in [0.4, 0.5) is 0 Å². The fraction of sp³-hybridized carbons (Fsp3) is 0.462. The van der Waals surface area contributed by atoms with Crippen LogP contribution >= 0.6 is 11.6 Å². The van der Waals surface area contributed by atoms with Crippen LogP contribution in [0.25, 0.3) is 0 Å². The number of halogens is 1. The fourth-order valence-corrected chi connectivity index (χ4v) is 1.81. The van der Waals surface area contributed by atoms with Gasteiger partial charge in [-0.2, -0.15) is 0 Å². The molecule has 0 saturated heterocycles. The standard InChI is InChI=1S/C13H17ClO2/c1-10(15)11-4-6-12(7-5-11)16-13(2,3)8-9-14/h4-7H,8-9H2,1-3H3. The van der Waals surface area contributed by atoms with Gasteiger partial charge in [0.05, 0.1) is 0 Å². The van der Waals surface area contributed by atoms with Crippen LogP contribution in [0.5, 0.6) is 5.75 Å². The molecule has 16 heavy (non-hydrogen) atoms. The maximum atomic E-state index is 11.1. The average Bonchev–Trinajstić information content (AvgIpc) is 2.17. The van der Waals surface area contributed by atoms with Crippen molar-refractivity contribution >= 4 is 17.4 Å². The summed E-state index contributed by atoms with van der Waals surface area (Å²) >= 11 is 5.69. The molecule has 0 bridgehead atoms. The van der Waals surface area contributed by atoms with Crippen molar-refractivity contribution in [3.8, 4) is 5.75 Å². The van der Waals surface area contributed by atoms with Gasteiger partial charge in [0.15, 0.2) is 5.78 Å². The van der Waals surface area contributed by atoms with Crippen LogP contribution in [0.2, 0.25) is 0 Å². The Kier molecular flexibility index (Phi) is 4.36. The molecule has 0 heterocycles. The van der Waals surface area contributed by atoms with Crippen LogP contribution in [0, 0.1) is 0 Å². The van der Waals surface area contributed by atoms with Gasteiger partial charge < -0.3 is 4.74 Å². The molecule has 0 fully saturated rings. The first kappa shape index (κ1) is 13.0. The quantitative estimate of drug-likeness (QED) is 0.580. The molecule has 0 aromatic heterocycles. The summed E-state index contributed by atoms with van der Waals surface area (Å²) < 4.78 is 5.78. The van der Waals surface area contributed by atoms with Crippen molar-refractivity contribution < 1.29 is 9.53 Å². The van der Waals surface area contributed by atoms with E-state index >= 15 is 0 Å². The van der Waals surface area contributed by atoms with E-state index in [0.29, 0.717) is 11.4 Å². The number of hydrogen-bond donors (Lipinski definition) is 0. The Hall–Kier alpha value is -1.02. The normalized spacial score (nSPS) is 11.2. The van der Waals surface area contributed by atoms with Crippen molar-refractivity contribution in [1.82, 2.24) is 0 Å². The third-order valence-corrected chi connectivity index (χ3v) is 2.54. The highest BCUT2D eigenvalue weighted by atomic mass is 35.5. The number of Topliss-reactive ketones (excluding diaryl/α,β-unsaturated/α-hetero) is 1. The summed E-state index contributed by atoms with van der Waals surface area (Å²) in [5, 5.41) is 0. The second kappa shape index (κ2) is 5.35. The largest absolute Gasteiger partial charge is 0.488 e. The van der Waals surface area contributed by atoms with Gasteiger partial charge >= 0.3 is 0 Å². The summed E-state index contributed by atoms with van der Waals surface area (Å²) in [4.78, 5) is 11.1. The highest BCUT2D eigenvalue weighted by Gasteiger charge is 2.18. The molecule has 0 aliphatic carbocycles. The molecule has 88 valence electrons. The molecule has 0 saturated carbocycles. The number of benzene rings is 1. The molecule has 3 heteroatoms. The van der Waals surface area contributed by atoms with E-state index < -0.39 is 0 Å². The molecule has 0 radical (unpaired) electrons. The molecule has 0 amide bonds. The molecule has 0 atom stereocenters. The maximum absolute atomic E-state index is 11.1. The molecule has 0 aliphatic heterocycles. The smallest absolute Gasteiger partial charge is 0.159 e. The highest BCUT2D eigenvalue weighted by Crippen LogP contribution is 2.21. The lowest BCUT2D eigenvalue weighted by Gasteiger charge is -2.25. The van der Waals surface area contributed by atoms with Crippen molar-refractivity contribution in [2.45, 2.75) is 32.8 Å². The molecule has 0 aliphatic rings. The van der Waals surface area contributed by atoms with Gasteiger partial charge in [-0.05, 0) is 45.0 Å². The number of carbonyl (C=O) groups excluding carboxylic acids is 1. The van der Waals surface area contributed by atoms with Crippen LogP contribution in [-0.2, 0) is 0 Å². The number of ether oxygens (including phenoxy) is 1. The number of rotatable bonds is 5. The molecule has 1 aromatic rings. The second-order valence-electron chi connectivity index (χ2n) is 4.38. The Balaban J connectivity index is 2.72. The number of carbonyl (C=O) groups is 1. The van der Waals surface area contributed by atoms with Crippen LogP contribution in [-0.4, -0.2) is 17.3 Å². The van der Waals surface area contributed by atoms with E-state index in [9.17, 15) is 4.79 Å². The van der Waals surface area contributed by atoms with E-state index in [4.69, 9.17) is 16.3 Å². The zero-order valence-corrected chi connectivity index (χ0v) is 10.7. The van der Waals surface area contributed by atoms with Gasteiger partial charge in [0.25, 0.3) is 0 Å². The topological polar surface area (TPSA) is 26.3 Å². The molecule has 0 unspecified atom stereocenters. The SMILES string of the molecule is CC(=O)c1ccc(OC(C)(C)CCCl)cc1. The lowest BCUT2D eigenvalue weighted by Crippen LogP contribution is -2.28. The van der Waals surface area contributed by atoms with E-state index in [0.717, 1.165) is 12.2 Å². The summed E-state index contributed by atoms with van der Waals surface area (Å²) in [5.41, 5.74) is 0.418. The maximum Gasteiger partial charge on any atom is 0.159 e. The molecule has 1 rings (SSSR count). The summed E-state index contributed by atoms with van der Waals surface area (Å²) in [6, 6.07) is 7.17. The van der Waals surface area contributed by atoms with E-state index in [1.54, 1.807) is 19.1 Å². The van der Waals surface area contributed by atoms with E-state index in [1.165, 1.54) is 0 Å². The molecule has 1 aromatic carbocycles. The third-order valence-electron chi connectivity index (χ3n) is 2.35. The molecular formula is C13H17ClO2. The summed E-state index contributed by atoms with van der Waals surface area (Å²) in [7, 11) is 0. The van der Waals surface area contributed by atoms with Crippen molar-refractivity contribution in [3.05, 3.63) is 29.8 Å². The van der Waals surface area contributed by atoms with Crippen LogP contribution in [0.15, 0.2) is 24.3 Å². The van der Waals surface area contributed by atoms with Crippen LogP contribution in [0.3, 0.4) is 0 Å². The van der Waals surface area contributed by atoms with Crippen LogP contribution < -0.4 is 4.74 Å². The minimum absolute atomic E-state index is 0.0616. The third kappa shape index (κ3) is 3.86. The van der Waals surface area contributed by atoms with Crippen molar-refractivity contribution in [1.29, 1.82) is 0 Å². The predicted octanol–water partition coefficient (Wildman–Crippen LogP) is 3.68. The molecule has 0 N–H and O–H groups in total. The van der Waals surface area contributed by atoms with Crippen LogP contribution in [0.1, 0.15) is 37.6 Å². The van der Waals surface area contributed by atoms with Crippen molar-refractivity contribution in [3.63, 3.8) is 0 Å². The van der Waals surface area contributed by atoms with Gasteiger partial charge in [-0.3, -0.25) is 4.79 Å². The van der Waals surface area contributed by atoms with E-state index in [1.807, 2.05) is 26.0 Å². The molecule has 0 spiro atoms. The number of ketones is 1. The van der Waals surface area contributed by atoms with Gasteiger partial charge in [0.2, 0.25) is 0 Å². The summed E-state index contributed by atoms with van der Waals surface area (Å²) in [6.07, 6.45) is 0.781. The minimum Gasteiger partial charge on any atom is -0.488 e. The molecular weight excluding hydrogens is 224 g/mol. The van der Waals surface area contributed by atoms with E-state index in [-0.39, 0.29) is 11.4 Å². The predicted molar refractivity (Wildman–Crippen MR) is 66.5 cm³/mol. The fourth-order valence-electron chi connectivity index (χ4n) is 1.36.